The Balaban J connectivity index is 2.11. The number of aromatic hydroxyl groups is 1. The molecule has 0 aliphatic rings. The van der Waals surface area contributed by atoms with Crippen LogP contribution in [0.1, 0.15) is 5.56 Å². The molecule has 3 aromatic carbocycles. The second-order valence-electron chi connectivity index (χ2n) is 5.50. The third-order valence-corrected chi connectivity index (χ3v) is 3.90. The van der Waals surface area contributed by atoms with Gasteiger partial charge in [0.15, 0.2) is 0 Å². The fourth-order valence-electron chi connectivity index (χ4n) is 2.75. The minimum Gasteiger partial charge on any atom is -0.507 e. The Bertz CT molecular complexity index is 783. The van der Waals surface area contributed by atoms with Gasteiger partial charge < -0.3 is 14.9 Å². The van der Waals surface area contributed by atoms with Crippen molar-refractivity contribution in [3.8, 4) is 28.0 Å². The van der Waals surface area contributed by atoms with E-state index in [1.165, 1.54) is 0 Å². The molecule has 0 aliphatic carbocycles. The SMILES string of the molecule is OCCOCc1ccc(-c2ccccc2)c(-c2ccccc2)c1O. The van der Waals surface area contributed by atoms with Crippen molar-refractivity contribution in [1.82, 2.24) is 0 Å². The van der Waals surface area contributed by atoms with E-state index in [1.54, 1.807) is 0 Å². The summed E-state index contributed by atoms with van der Waals surface area (Å²) in [7, 11) is 0. The monoisotopic (exact) mass is 320 g/mol. The lowest BCUT2D eigenvalue weighted by Gasteiger charge is -2.16. The minimum atomic E-state index is -0.0333. The molecule has 0 saturated carbocycles. The van der Waals surface area contributed by atoms with Gasteiger partial charge in [0, 0.05) is 11.1 Å². The molecule has 122 valence electrons. The van der Waals surface area contributed by atoms with Gasteiger partial charge in [-0.05, 0) is 16.7 Å². The van der Waals surface area contributed by atoms with E-state index in [0.717, 1.165) is 22.3 Å². The second-order valence-corrected chi connectivity index (χ2v) is 5.50. The number of benzene rings is 3. The average molecular weight is 320 g/mol. The van der Waals surface area contributed by atoms with Crippen LogP contribution in [0.2, 0.25) is 0 Å². The molecule has 3 rings (SSSR count). The highest BCUT2D eigenvalue weighted by Crippen LogP contribution is 2.40. The number of aliphatic hydroxyl groups is 1. The molecule has 0 bridgehead atoms. The van der Waals surface area contributed by atoms with Gasteiger partial charge in [0.05, 0.1) is 19.8 Å². The maximum atomic E-state index is 10.8. The molecule has 0 heterocycles. The van der Waals surface area contributed by atoms with Gasteiger partial charge in [0.25, 0.3) is 0 Å². The summed E-state index contributed by atoms with van der Waals surface area (Å²) in [5.74, 6) is 0.223. The van der Waals surface area contributed by atoms with Crippen molar-refractivity contribution < 1.29 is 14.9 Å². The van der Waals surface area contributed by atoms with Crippen LogP contribution in [-0.4, -0.2) is 23.4 Å². The van der Waals surface area contributed by atoms with E-state index in [9.17, 15) is 5.11 Å². The Morgan fingerprint density at radius 1 is 0.750 bits per heavy atom. The van der Waals surface area contributed by atoms with Crippen LogP contribution in [0.4, 0.5) is 0 Å². The van der Waals surface area contributed by atoms with Crippen LogP contribution in [0.5, 0.6) is 5.75 Å². The van der Waals surface area contributed by atoms with E-state index in [4.69, 9.17) is 9.84 Å². The summed E-state index contributed by atoms with van der Waals surface area (Å²) in [6.45, 7) is 0.482. The Morgan fingerprint density at radius 3 is 2.00 bits per heavy atom. The predicted octanol–water partition coefficient (Wildman–Crippen LogP) is 4.24. The summed E-state index contributed by atoms with van der Waals surface area (Å²) in [6.07, 6.45) is 0. The molecule has 0 aliphatic heterocycles. The van der Waals surface area contributed by atoms with Crippen LogP contribution >= 0.6 is 0 Å². The zero-order chi connectivity index (χ0) is 16.8. The molecule has 3 aromatic rings. The number of phenolic OH excluding ortho intramolecular Hbond substituents is 1. The first-order valence-electron chi connectivity index (χ1n) is 7.95. The number of hydrogen-bond donors (Lipinski definition) is 2. The van der Waals surface area contributed by atoms with Crippen LogP contribution in [0.25, 0.3) is 22.3 Å². The lowest BCUT2D eigenvalue weighted by atomic mass is 9.92. The predicted molar refractivity (Wildman–Crippen MR) is 95.7 cm³/mol. The van der Waals surface area contributed by atoms with Gasteiger partial charge in [-0.1, -0.05) is 72.8 Å². The van der Waals surface area contributed by atoms with E-state index >= 15 is 0 Å². The number of phenols is 1. The molecule has 3 heteroatoms. The van der Waals surface area contributed by atoms with E-state index < -0.39 is 0 Å². The molecule has 0 radical (unpaired) electrons. The highest BCUT2D eigenvalue weighted by atomic mass is 16.5. The maximum Gasteiger partial charge on any atom is 0.129 e. The van der Waals surface area contributed by atoms with Gasteiger partial charge in [-0.15, -0.1) is 0 Å². The first-order chi connectivity index (χ1) is 11.8. The van der Waals surface area contributed by atoms with Gasteiger partial charge >= 0.3 is 0 Å². The third-order valence-electron chi connectivity index (χ3n) is 3.90. The van der Waals surface area contributed by atoms with Crippen molar-refractivity contribution in [3.63, 3.8) is 0 Å². The van der Waals surface area contributed by atoms with Crippen molar-refractivity contribution in [2.45, 2.75) is 6.61 Å². The molecule has 2 N–H and O–H groups in total. The summed E-state index contributed by atoms with van der Waals surface area (Å²) in [5.41, 5.74) is 4.49. The quantitative estimate of drug-likeness (QED) is 0.668. The highest BCUT2D eigenvalue weighted by molar-refractivity contribution is 5.88. The zero-order valence-corrected chi connectivity index (χ0v) is 13.4. The second kappa shape index (κ2) is 7.77. The van der Waals surface area contributed by atoms with E-state index in [0.29, 0.717) is 5.56 Å². The molecule has 0 atom stereocenters. The molecule has 0 unspecified atom stereocenters. The summed E-state index contributed by atoms with van der Waals surface area (Å²) in [4.78, 5) is 0. The van der Waals surface area contributed by atoms with Crippen LogP contribution in [0.15, 0.2) is 72.8 Å². The number of rotatable bonds is 6. The maximum absolute atomic E-state index is 10.8. The van der Waals surface area contributed by atoms with Gasteiger partial charge in [-0.2, -0.15) is 0 Å². The van der Waals surface area contributed by atoms with Crippen molar-refractivity contribution in [3.05, 3.63) is 78.4 Å². The number of aliphatic hydroxyl groups excluding tert-OH is 1. The summed E-state index contributed by atoms with van der Waals surface area (Å²) in [5, 5.41) is 19.7. The third kappa shape index (κ3) is 3.48. The van der Waals surface area contributed by atoms with E-state index in [2.05, 4.69) is 0 Å². The molecular formula is C21H20O3. The van der Waals surface area contributed by atoms with Gasteiger partial charge in [0.1, 0.15) is 5.75 Å². The Kier molecular flexibility index (Phi) is 5.26. The van der Waals surface area contributed by atoms with Gasteiger partial charge in [-0.3, -0.25) is 0 Å². The average Bonchev–Trinajstić information content (AvgIpc) is 2.64. The molecule has 0 saturated heterocycles. The van der Waals surface area contributed by atoms with Gasteiger partial charge in [0.2, 0.25) is 0 Å². The van der Waals surface area contributed by atoms with Crippen molar-refractivity contribution in [2.75, 3.05) is 13.2 Å². The highest BCUT2D eigenvalue weighted by Gasteiger charge is 2.15. The Morgan fingerprint density at radius 2 is 1.38 bits per heavy atom. The first-order valence-corrected chi connectivity index (χ1v) is 7.95. The fraction of sp³-hybridized carbons (Fsp3) is 0.143. The van der Waals surface area contributed by atoms with Gasteiger partial charge in [-0.25, -0.2) is 0 Å². The normalized spacial score (nSPS) is 10.7. The topological polar surface area (TPSA) is 49.7 Å². The summed E-state index contributed by atoms with van der Waals surface area (Å²) in [6, 6.07) is 23.7. The van der Waals surface area contributed by atoms with Crippen LogP contribution in [0.3, 0.4) is 0 Å². The number of hydrogen-bond acceptors (Lipinski definition) is 3. The minimum absolute atomic E-state index is 0.0333. The number of ether oxygens (including phenoxy) is 1. The smallest absolute Gasteiger partial charge is 0.129 e. The molecule has 24 heavy (non-hydrogen) atoms. The van der Waals surface area contributed by atoms with Crippen molar-refractivity contribution in [2.24, 2.45) is 0 Å². The van der Waals surface area contributed by atoms with Crippen LogP contribution < -0.4 is 0 Å². The Hall–Kier alpha value is -2.62. The summed E-state index contributed by atoms with van der Waals surface area (Å²) < 4.78 is 5.38. The molecule has 0 aromatic heterocycles. The summed E-state index contributed by atoms with van der Waals surface area (Å²) >= 11 is 0. The first kappa shape index (κ1) is 16.2. The molecule has 0 fully saturated rings. The van der Waals surface area contributed by atoms with Crippen LogP contribution in [-0.2, 0) is 11.3 Å². The van der Waals surface area contributed by atoms with E-state index in [-0.39, 0.29) is 25.6 Å². The fourth-order valence-corrected chi connectivity index (χ4v) is 2.75. The van der Waals surface area contributed by atoms with Crippen molar-refractivity contribution >= 4 is 0 Å². The molecule has 3 nitrogen and oxygen atoms in total. The molecule has 0 spiro atoms. The van der Waals surface area contributed by atoms with Crippen molar-refractivity contribution in [1.29, 1.82) is 0 Å². The Labute approximate surface area is 141 Å². The molecule has 0 amide bonds. The standard InChI is InChI=1S/C21H20O3/c22-13-14-24-15-18-11-12-19(16-7-3-1-4-8-16)20(21(18)23)17-9-5-2-6-10-17/h1-12,22-23H,13-15H2. The lowest BCUT2D eigenvalue weighted by molar-refractivity contribution is 0.0804. The lowest BCUT2D eigenvalue weighted by Crippen LogP contribution is -2.00. The largest absolute Gasteiger partial charge is 0.507 e. The molecular weight excluding hydrogens is 300 g/mol. The van der Waals surface area contributed by atoms with Crippen LogP contribution in [0, 0.1) is 0 Å². The zero-order valence-electron chi connectivity index (χ0n) is 13.4. The van der Waals surface area contributed by atoms with E-state index in [1.807, 2.05) is 72.8 Å².